The number of benzene rings is 3. The first-order chi connectivity index (χ1) is 18.5. The number of hydrogen-bond acceptors (Lipinski definition) is 10. The van der Waals surface area contributed by atoms with Crippen LogP contribution in [0, 0.1) is 6.92 Å². The summed E-state index contributed by atoms with van der Waals surface area (Å²) < 4.78 is 96.3. The maximum Gasteiger partial charge on any atom is 0.446 e. The Bertz CT molecular complexity index is 1470. The highest BCUT2D eigenvalue weighted by molar-refractivity contribution is 7.81. The van der Waals surface area contributed by atoms with Crippen molar-refractivity contribution in [1.82, 2.24) is 0 Å². The maximum atomic E-state index is 10.3. The monoisotopic (exact) mass is 642 g/mol. The summed E-state index contributed by atoms with van der Waals surface area (Å²) in [7, 11) is -13.7. The zero-order valence-corrected chi connectivity index (χ0v) is 24.0. The first kappa shape index (κ1) is 39.4. The van der Waals surface area contributed by atoms with Crippen LogP contribution in [0.4, 0.5) is 0 Å². The van der Waals surface area contributed by atoms with E-state index in [0.717, 1.165) is 23.1 Å². The van der Waals surface area contributed by atoms with Gasteiger partial charge in [0.15, 0.2) is 11.5 Å². The summed E-state index contributed by atoms with van der Waals surface area (Å²) in [6.45, 7) is 7.41. The summed E-state index contributed by atoms with van der Waals surface area (Å²) in [5, 5.41) is 26.5. The number of aryl methyl sites for hydroxylation is 2. The molecule has 3 rings (SSSR count). The fraction of sp³-hybridized carbons (Fsp3) is 0.130. The van der Waals surface area contributed by atoms with E-state index < -0.39 is 31.2 Å². The van der Waals surface area contributed by atoms with Crippen molar-refractivity contribution in [3.05, 3.63) is 90.0 Å². The van der Waals surface area contributed by atoms with Crippen LogP contribution < -0.4 is 4.18 Å². The Hall–Kier alpha value is -3.75. The highest BCUT2D eigenvalue weighted by atomic mass is 32.3. The first-order valence-corrected chi connectivity index (χ1v) is 14.8. The lowest BCUT2D eigenvalue weighted by Crippen LogP contribution is -2.06. The van der Waals surface area contributed by atoms with Gasteiger partial charge in [-0.3, -0.25) is 22.8 Å². The van der Waals surface area contributed by atoms with Crippen LogP contribution in [0.2, 0.25) is 0 Å². The summed E-state index contributed by atoms with van der Waals surface area (Å²) in [6, 6.07) is 18.0. The van der Waals surface area contributed by atoms with Gasteiger partial charge in [0.05, 0.1) is 0 Å². The predicted octanol–water partition coefficient (Wildman–Crippen LogP) is 3.57. The molecule has 0 aliphatic carbocycles. The van der Waals surface area contributed by atoms with Crippen LogP contribution >= 0.6 is 0 Å². The van der Waals surface area contributed by atoms with Gasteiger partial charge < -0.3 is 19.5 Å². The van der Waals surface area contributed by atoms with E-state index >= 15 is 0 Å². The van der Waals surface area contributed by atoms with Gasteiger partial charge in [0.25, 0.3) is 0 Å². The van der Waals surface area contributed by atoms with Crippen LogP contribution in [0.25, 0.3) is 6.08 Å². The molecule has 0 aromatic heterocycles. The molecule has 15 nitrogen and oxygen atoms in total. The van der Waals surface area contributed by atoms with Gasteiger partial charge in [-0.05, 0) is 66.4 Å². The second-order valence-corrected chi connectivity index (χ2v) is 10.0. The first-order valence-electron chi connectivity index (χ1n) is 10.6. The minimum Gasteiger partial charge on any atom is -0.508 e. The Morgan fingerprint density at radius 2 is 1.15 bits per heavy atom. The van der Waals surface area contributed by atoms with Crippen LogP contribution in [0.1, 0.15) is 23.6 Å². The van der Waals surface area contributed by atoms with E-state index in [0.29, 0.717) is 5.75 Å². The van der Waals surface area contributed by atoms with Crippen molar-refractivity contribution in [2.24, 2.45) is 0 Å². The summed E-state index contributed by atoms with van der Waals surface area (Å²) in [6.07, 6.45) is 2.60. The lowest BCUT2D eigenvalue weighted by Gasteiger charge is -2.01. The Labute approximate surface area is 237 Å². The van der Waals surface area contributed by atoms with E-state index in [1.807, 2.05) is 26.0 Å². The molecular weight excluding hydrogens is 612 g/mol. The van der Waals surface area contributed by atoms with Gasteiger partial charge in [-0.15, -0.1) is 0 Å². The Balaban J connectivity index is 0. The summed E-state index contributed by atoms with van der Waals surface area (Å²) in [5.41, 5.74) is 3.03. The number of rotatable bonds is 4. The normalized spacial score (nSPS) is 10.4. The van der Waals surface area contributed by atoms with E-state index in [9.17, 15) is 8.42 Å². The van der Waals surface area contributed by atoms with E-state index in [2.05, 4.69) is 10.8 Å². The van der Waals surface area contributed by atoms with Crippen molar-refractivity contribution in [2.45, 2.75) is 20.3 Å². The van der Waals surface area contributed by atoms with Crippen LogP contribution in [0.5, 0.6) is 23.0 Å². The summed E-state index contributed by atoms with van der Waals surface area (Å²) in [5.74, 6) is 0.274. The molecular formula is C23H30O15S3. The molecule has 0 unspecified atom stereocenters. The van der Waals surface area contributed by atoms with Gasteiger partial charge in [-0.1, -0.05) is 49.9 Å². The van der Waals surface area contributed by atoms with Crippen molar-refractivity contribution in [3.63, 3.8) is 0 Å². The Morgan fingerprint density at radius 1 is 0.707 bits per heavy atom. The maximum absolute atomic E-state index is 10.3. The second kappa shape index (κ2) is 18.6. The second-order valence-electron chi connectivity index (χ2n) is 7.19. The number of phenolic OH excluding ortho intramolecular Hbond substituents is 3. The van der Waals surface area contributed by atoms with Crippen molar-refractivity contribution in [3.8, 4) is 23.0 Å². The van der Waals surface area contributed by atoms with E-state index in [-0.39, 0.29) is 17.2 Å². The molecule has 0 atom stereocenters. The molecule has 8 N–H and O–H groups in total. The minimum atomic E-state index is -4.67. The van der Waals surface area contributed by atoms with Gasteiger partial charge in [0, 0.05) is 0 Å². The fourth-order valence-corrected chi connectivity index (χ4v) is 2.50. The van der Waals surface area contributed by atoms with E-state index in [4.69, 9.17) is 54.9 Å². The third-order valence-electron chi connectivity index (χ3n) is 3.79. The van der Waals surface area contributed by atoms with Gasteiger partial charge >= 0.3 is 31.2 Å². The van der Waals surface area contributed by atoms with Crippen LogP contribution in [0.3, 0.4) is 0 Å². The Kier molecular flexibility index (Phi) is 17.8. The largest absolute Gasteiger partial charge is 0.508 e. The third-order valence-corrected chi connectivity index (χ3v) is 4.20. The predicted molar refractivity (Wildman–Crippen MR) is 149 cm³/mol. The quantitative estimate of drug-likeness (QED) is 0.149. The summed E-state index contributed by atoms with van der Waals surface area (Å²) >= 11 is 0. The van der Waals surface area contributed by atoms with Gasteiger partial charge in [-0.25, -0.2) is 0 Å². The molecule has 0 radical (unpaired) electrons. The number of aromatic hydroxyl groups is 3. The van der Waals surface area contributed by atoms with Gasteiger partial charge in [0.1, 0.15) is 11.5 Å². The molecule has 0 saturated heterocycles. The number of phenols is 3. The number of hydrogen-bond donors (Lipinski definition) is 8. The smallest absolute Gasteiger partial charge is 0.446 e. The molecule has 0 amide bonds. The average molecular weight is 643 g/mol. The molecule has 0 heterocycles. The molecule has 0 aliphatic heterocycles. The SMILES string of the molecule is C=Cc1ccc(O)cc1.CCc1ccc(OS(=O)(=O)O)cc1.Cc1ccc(O)c(O)c1.O=S(=O)(O)O.O=S(=O)(O)O. The van der Waals surface area contributed by atoms with Crippen LogP contribution in [-0.2, 0) is 37.6 Å². The highest BCUT2D eigenvalue weighted by Gasteiger charge is 2.05. The Morgan fingerprint density at radius 3 is 1.46 bits per heavy atom. The molecule has 41 heavy (non-hydrogen) atoms. The molecule has 0 saturated carbocycles. The van der Waals surface area contributed by atoms with Gasteiger partial charge in [0.2, 0.25) is 0 Å². The zero-order chi connectivity index (χ0) is 32.4. The molecule has 3 aromatic carbocycles. The molecule has 18 heteroatoms. The molecule has 0 spiro atoms. The summed E-state index contributed by atoms with van der Waals surface area (Å²) in [4.78, 5) is 0. The third kappa shape index (κ3) is 29.1. The molecule has 0 aliphatic rings. The van der Waals surface area contributed by atoms with Crippen LogP contribution in [-0.4, -0.2) is 63.3 Å². The molecule has 0 bridgehead atoms. The zero-order valence-electron chi connectivity index (χ0n) is 21.5. The fourth-order valence-electron chi connectivity index (χ4n) is 2.15. The van der Waals surface area contributed by atoms with Crippen molar-refractivity contribution < 1.29 is 67.5 Å². The molecule has 0 fully saturated rings. The van der Waals surface area contributed by atoms with Crippen LogP contribution in [0.15, 0.2) is 73.3 Å². The average Bonchev–Trinajstić information content (AvgIpc) is 2.80. The molecule has 3 aromatic rings. The lowest BCUT2D eigenvalue weighted by molar-refractivity contribution is 0.378. The van der Waals surface area contributed by atoms with E-state index in [1.165, 1.54) is 24.3 Å². The lowest BCUT2D eigenvalue weighted by atomic mass is 10.2. The van der Waals surface area contributed by atoms with E-state index in [1.54, 1.807) is 36.4 Å². The topological polar surface area (TPSA) is 273 Å². The minimum absolute atomic E-state index is 0.0602. The highest BCUT2D eigenvalue weighted by Crippen LogP contribution is 2.24. The van der Waals surface area contributed by atoms with Crippen molar-refractivity contribution >= 4 is 37.3 Å². The van der Waals surface area contributed by atoms with Crippen molar-refractivity contribution in [1.29, 1.82) is 0 Å². The van der Waals surface area contributed by atoms with Gasteiger partial charge in [-0.2, -0.15) is 25.3 Å². The standard InChI is InChI=1S/C8H10O4S.C8H8O.C7H8O2.2H2O4S/c1-2-7-3-5-8(6-4-7)12-13(9,10)11;1-2-7-3-5-8(9)6-4-7;1-5-2-3-6(8)7(9)4-5;2*1-5(2,3)4/h3-6H,2H2,1H3,(H,9,10,11);2-6,9H,1H2;2-4,8-9H,1H3;2*(H2,1,2,3,4). The molecule has 230 valence electrons. The van der Waals surface area contributed by atoms with Crippen molar-refractivity contribution in [2.75, 3.05) is 0 Å².